The normalized spacial score (nSPS) is 10.8. The molecule has 2 aromatic rings. The molecule has 0 aliphatic rings. The van der Waals surface area contributed by atoms with Crippen LogP contribution in [0.15, 0.2) is 28.7 Å². The third-order valence-corrected chi connectivity index (χ3v) is 4.99. The van der Waals surface area contributed by atoms with Gasteiger partial charge in [-0.25, -0.2) is 9.97 Å². The largest absolute Gasteiger partial charge is 0.220 e. The third kappa shape index (κ3) is 3.88. The number of hydrogen-bond acceptors (Lipinski definition) is 3. The van der Waals surface area contributed by atoms with Gasteiger partial charge in [-0.1, -0.05) is 64.3 Å². The fourth-order valence-corrected chi connectivity index (χ4v) is 3.56. The first-order valence-corrected chi connectivity index (χ1v) is 8.88. The van der Waals surface area contributed by atoms with E-state index in [-0.39, 0.29) is 0 Å². The number of benzene rings is 1. The molecule has 20 heavy (non-hydrogen) atoms. The van der Waals surface area contributed by atoms with E-state index in [1.165, 1.54) is 0 Å². The van der Waals surface area contributed by atoms with Crippen LogP contribution >= 0.6 is 50.9 Å². The molecule has 0 atom stereocenters. The zero-order valence-electron chi connectivity index (χ0n) is 10.9. The van der Waals surface area contributed by atoms with Crippen LogP contribution in [0, 0.1) is 0 Å². The van der Waals surface area contributed by atoms with Crippen LogP contribution in [-0.2, 0) is 5.75 Å². The summed E-state index contributed by atoms with van der Waals surface area (Å²) < 4.78 is 0.917. The van der Waals surface area contributed by atoms with Crippen LogP contribution in [0.2, 0.25) is 10.3 Å². The quantitative estimate of drug-likeness (QED) is 0.471. The molecule has 0 saturated carbocycles. The number of nitrogens with zero attached hydrogens (tertiary/aromatic N) is 2. The monoisotopic (exact) mass is 390 g/mol. The molecular formula is C14H13BrCl2N2S. The van der Waals surface area contributed by atoms with Gasteiger partial charge < -0.3 is 0 Å². The van der Waals surface area contributed by atoms with Gasteiger partial charge in [0.05, 0.1) is 11.3 Å². The molecular weight excluding hydrogens is 379 g/mol. The second kappa shape index (κ2) is 7.64. The molecule has 0 bridgehead atoms. The van der Waals surface area contributed by atoms with E-state index in [1.807, 2.05) is 24.3 Å². The molecule has 0 aliphatic heterocycles. The summed E-state index contributed by atoms with van der Waals surface area (Å²) in [5.41, 5.74) is 1.57. The Morgan fingerprint density at radius 3 is 2.40 bits per heavy atom. The Morgan fingerprint density at radius 2 is 1.80 bits per heavy atom. The zero-order chi connectivity index (χ0) is 14.5. The molecule has 2 nitrogen and oxygen atoms in total. The second-order valence-electron chi connectivity index (χ2n) is 4.13. The molecule has 1 aromatic carbocycles. The van der Waals surface area contributed by atoms with Gasteiger partial charge in [-0.15, -0.1) is 0 Å². The Kier molecular flexibility index (Phi) is 6.15. The molecule has 0 radical (unpaired) electrons. The van der Waals surface area contributed by atoms with Gasteiger partial charge >= 0.3 is 0 Å². The SMILES string of the molecule is CCCSCc1nc(Cl)c(-c2ccccc2Br)c(Cl)n1. The van der Waals surface area contributed by atoms with Crippen LogP contribution in [-0.4, -0.2) is 15.7 Å². The van der Waals surface area contributed by atoms with E-state index in [1.54, 1.807) is 11.8 Å². The summed E-state index contributed by atoms with van der Waals surface area (Å²) in [5.74, 6) is 2.47. The van der Waals surface area contributed by atoms with E-state index in [9.17, 15) is 0 Å². The summed E-state index contributed by atoms with van der Waals surface area (Å²) in [5, 5.41) is 0.785. The molecule has 1 heterocycles. The highest BCUT2D eigenvalue weighted by atomic mass is 79.9. The number of thioether (sulfide) groups is 1. The van der Waals surface area contributed by atoms with Crippen molar-refractivity contribution < 1.29 is 0 Å². The van der Waals surface area contributed by atoms with Crippen LogP contribution in [0.5, 0.6) is 0 Å². The smallest absolute Gasteiger partial charge is 0.142 e. The Balaban J connectivity index is 2.34. The van der Waals surface area contributed by atoms with Crippen LogP contribution in [0.1, 0.15) is 19.2 Å². The minimum absolute atomic E-state index is 0.393. The first-order chi connectivity index (χ1) is 9.63. The van der Waals surface area contributed by atoms with E-state index < -0.39 is 0 Å². The molecule has 0 spiro atoms. The Labute approximate surface area is 141 Å². The molecule has 6 heteroatoms. The van der Waals surface area contributed by atoms with E-state index >= 15 is 0 Å². The number of halogens is 3. The standard InChI is InChI=1S/C14H13BrCl2N2S/c1-2-7-20-8-11-18-13(16)12(14(17)19-11)9-5-3-4-6-10(9)15/h3-6H,2,7-8H2,1H3. The van der Waals surface area contributed by atoms with Gasteiger partial charge in [0, 0.05) is 10.0 Å². The Morgan fingerprint density at radius 1 is 1.15 bits per heavy atom. The Bertz CT molecular complexity index is 584. The number of aromatic nitrogens is 2. The van der Waals surface area contributed by atoms with Gasteiger partial charge in [0.2, 0.25) is 0 Å². The molecule has 2 rings (SSSR count). The second-order valence-corrected chi connectivity index (χ2v) is 6.80. The lowest BCUT2D eigenvalue weighted by Gasteiger charge is -2.10. The van der Waals surface area contributed by atoms with E-state index in [0.29, 0.717) is 21.7 Å². The van der Waals surface area contributed by atoms with Crippen molar-refractivity contribution in [2.24, 2.45) is 0 Å². The molecule has 0 aliphatic carbocycles. The maximum Gasteiger partial charge on any atom is 0.142 e. The van der Waals surface area contributed by atoms with Crippen LogP contribution in [0.3, 0.4) is 0 Å². The fourth-order valence-electron chi connectivity index (χ4n) is 1.71. The maximum absolute atomic E-state index is 6.29. The summed E-state index contributed by atoms with van der Waals surface area (Å²) in [4.78, 5) is 8.70. The highest BCUT2D eigenvalue weighted by Gasteiger charge is 2.15. The molecule has 106 valence electrons. The van der Waals surface area contributed by atoms with Gasteiger partial charge in [0.1, 0.15) is 16.1 Å². The summed E-state index contributed by atoms with van der Waals surface area (Å²) in [6, 6.07) is 7.74. The van der Waals surface area contributed by atoms with Crippen LogP contribution in [0.25, 0.3) is 11.1 Å². The highest BCUT2D eigenvalue weighted by molar-refractivity contribution is 9.10. The van der Waals surface area contributed by atoms with Gasteiger partial charge in [-0.2, -0.15) is 11.8 Å². The van der Waals surface area contributed by atoms with Crippen molar-refractivity contribution in [2.75, 3.05) is 5.75 Å². The molecule has 0 fully saturated rings. The minimum atomic E-state index is 0.393. The van der Waals surface area contributed by atoms with Crippen LogP contribution in [0.4, 0.5) is 0 Å². The first kappa shape index (κ1) is 16.1. The van der Waals surface area contributed by atoms with Gasteiger partial charge in [0.25, 0.3) is 0 Å². The lowest BCUT2D eigenvalue weighted by Crippen LogP contribution is -1.98. The van der Waals surface area contributed by atoms with Gasteiger partial charge in [-0.3, -0.25) is 0 Å². The summed E-state index contributed by atoms with van der Waals surface area (Å²) >= 11 is 17.8. The number of rotatable bonds is 5. The summed E-state index contributed by atoms with van der Waals surface area (Å²) in [6.45, 7) is 2.14. The highest BCUT2D eigenvalue weighted by Crippen LogP contribution is 2.36. The first-order valence-electron chi connectivity index (χ1n) is 6.18. The van der Waals surface area contributed by atoms with Crippen molar-refractivity contribution in [3.8, 4) is 11.1 Å². The molecule has 0 unspecified atom stereocenters. The average Bonchev–Trinajstić information content (AvgIpc) is 2.40. The zero-order valence-corrected chi connectivity index (χ0v) is 14.8. The molecule has 0 N–H and O–H groups in total. The van der Waals surface area contributed by atoms with E-state index in [0.717, 1.165) is 28.0 Å². The van der Waals surface area contributed by atoms with Crippen molar-refractivity contribution in [3.05, 3.63) is 44.9 Å². The third-order valence-electron chi connectivity index (χ3n) is 2.59. The van der Waals surface area contributed by atoms with Crippen molar-refractivity contribution in [1.82, 2.24) is 9.97 Å². The lowest BCUT2D eigenvalue weighted by atomic mass is 10.1. The van der Waals surface area contributed by atoms with Gasteiger partial charge in [0.15, 0.2) is 0 Å². The summed E-state index contributed by atoms with van der Waals surface area (Å²) in [7, 11) is 0. The minimum Gasteiger partial charge on any atom is -0.220 e. The molecule has 0 saturated heterocycles. The Hall–Kier alpha value is -0.290. The van der Waals surface area contributed by atoms with Crippen molar-refractivity contribution >= 4 is 50.9 Å². The predicted octanol–water partition coefficient (Wildman–Crippen LogP) is 5.86. The van der Waals surface area contributed by atoms with Crippen molar-refractivity contribution in [2.45, 2.75) is 19.1 Å². The predicted molar refractivity (Wildman–Crippen MR) is 91.6 cm³/mol. The summed E-state index contributed by atoms with van der Waals surface area (Å²) in [6.07, 6.45) is 1.13. The van der Waals surface area contributed by atoms with Crippen LogP contribution < -0.4 is 0 Å². The van der Waals surface area contributed by atoms with Crippen molar-refractivity contribution in [3.63, 3.8) is 0 Å². The topological polar surface area (TPSA) is 25.8 Å². The van der Waals surface area contributed by atoms with E-state index in [2.05, 4.69) is 32.8 Å². The fraction of sp³-hybridized carbons (Fsp3) is 0.286. The van der Waals surface area contributed by atoms with Crippen molar-refractivity contribution in [1.29, 1.82) is 0 Å². The maximum atomic E-state index is 6.29. The van der Waals surface area contributed by atoms with Gasteiger partial charge in [-0.05, 0) is 18.2 Å². The number of hydrogen-bond donors (Lipinski definition) is 0. The average molecular weight is 392 g/mol. The lowest BCUT2D eigenvalue weighted by molar-refractivity contribution is 1.03. The molecule has 1 aromatic heterocycles. The molecule has 0 amide bonds. The van der Waals surface area contributed by atoms with E-state index in [4.69, 9.17) is 23.2 Å².